The van der Waals surface area contributed by atoms with Crippen molar-refractivity contribution in [1.29, 1.82) is 0 Å². The minimum Gasteiger partial charge on any atom is -0.494 e. The topological polar surface area (TPSA) is 236 Å². The van der Waals surface area contributed by atoms with E-state index in [0.717, 1.165) is 0 Å². The van der Waals surface area contributed by atoms with Crippen LogP contribution in [0.25, 0.3) is 22.1 Å². The number of aromatic nitrogens is 6. The Balaban J connectivity index is 1.68. The van der Waals surface area contributed by atoms with Crippen molar-refractivity contribution in [3.63, 3.8) is 0 Å². The number of imidazole rings is 2. The molecular weight excluding hydrogens is 678 g/mol. The van der Waals surface area contributed by atoms with Crippen molar-refractivity contribution in [2.45, 2.75) is 52.1 Å². The number of primary amides is 1. The fourth-order valence-corrected chi connectivity index (χ4v) is 6.17. The smallest absolute Gasteiger partial charge is 0.298 e. The van der Waals surface area contributed by atoms with Crippen molar-refractivity contribution in [1.82, 2.24) is 28.0 Å². The third kappa shape index (κ3) is 7.03. The number of carbonyl (C=O) groups excluding carboxylic acids is 4. The zero-order chi connectivity index (χ0) is 37.9. The molecule has 0 aliphatic carbocycles. The van der Waals surface area contributed by atoms with Crippen LogP contribution in [0.1, 0.15) is 50.2 Å². The minimum atomic E-state index is -1.55. The molecule has 0 spiro atoms. The lowest BCUT2D eigenvalue weighted by Gasteiger charge is -2.21. The number of carbonyl (C=O) groups is 4. The molecule has 0 fully saturated rings. The van der Waals surface area contributed by atoms with Gasteiger partial charge in [-0.3, -0.25) is 23.9 Å². The Bertz CT molecular complexity index is 2320. The lowest BCUT2D eigenvalue weighted by Crippen LogP contribution is -2.40. The number of hydrogen-bond donors (Lipinski definition) is 4. The number of hydrogen-bond acceptors (Lipinski definition) is 10. The Hall–Kier alpha value is -5.85. The number of benzene rings is 2. The van der Waals surface area contributed by atoms with Crippen LogP contribution in [0.15, 0.2) is 40.3 Å². The zero-order valence-corrected chi connectivity index (χ0v) is 29.4. The van der Waals surface area contributed by atoms with E-state index in [1.165, 1.54) is 43.7 Å². The van der Waals surface area contributed by atoms with Crippen LogP contribution >= 0.6 is 0 Å². The van der Waals surface area contributed by atoms with Crippen molar-refractivity contribution >= 4 is 46.6 Å². The lowest BCUT2D eigenvalue weighted by molar-refractivity contribution is -0.107. The molecule has 3 aromatic heterocycles. The second-order valence-electron chi connectivity index (χ2n) is 12.1. The Morgan fingerprint density at radius 1 is 0.962 bits per heavy atom. The van der Waals surface area contributed by atoms with E-state index >= 15 is 0 Å². The van der Waals surface area contributed by atoms with E-state index in [9.17, 15) is 34.5 Å². The van der Waals surface area contributed by atoms with Gasteiger partial charge in [-0.1, -0.05) is 0 Å². The third-order valence-electron chi connectivity index (χ3n) is 8.65. The molecule has 0 saturated heterocycles. The minimum absolute atomic E-state index is 0.0407. The van der Waals surface area contributed by atoms with E-state index in [-0.39, 0.29) is 66.7 Å². The highest BCUT2D eigenvalue weighted by Crippen LogP contribution is 2.29. The quantitative estimate of drug-likeness (QED) is 0.0814. The molecule has 3 heterocycles. The molecule has 18 heteroatoms. The third-order valence-corrected chi connectivity index (χ3v) is 8.65. The molecule has 276 valence electrons. The van der Waals surface area contributed by atoms with Gasteiger partial charge in [0, 0.05) is 44.8 Å². The predicted octanol–water partition coefficient (Wildman–Crippen LogP) is -0.301. The number of nitrogens with two attached hydrogens (primary N) is 1. The normalized spacial score (nSPS) is 13.5. The van der Waals surface area contributed by atoms with Gasteiger partial charge in [0.1, 0.15) is 34.5 Å². The number of amides is 3. The molecule has 0 aliphatic rings. The Labute approximate surface area is 296 Å². The summed E-state index contributed by atoms with van der Waals surface area (Å²) >= 11 is 0. The van der Waals surface area contributed by atoms with Crippen molar-refractivity contribution in [3.05, 3.63) is 64.1 Å². The largest absolute Gasteiger partial charge is 0.494 e. The van der Waals surface area contributed by atoms with E-state index in [0.29, 0.717) is 52.6 Å². The molecule has 52 heavy (non-hydrogen) atoms. The standard InChI is InChI=1S/C34H41N9O9/c1-6-43-24(10-19(2)38-43)32(50)37-34-40(4)23-13-21(31(35)49)14-28(52-9-7-8-44)30(23)42(34)16-26(48)25(47)15-41-29-22(39(3)33(41)36-18-46)11-20(17-45)12-27(29)51-5/h10-14,17-18,25-26,44,47-48H,6-9,15-16H2,1-5H3,(H2,35,49). The van der Waals surface area contributed by atoms with Crippen molar-refractivity contribution in [2.24, 2.45) is 29.8 Å². The SMILES string of the molecule is CCn1nc(C)cc1C(=O)N=c1n(C)c2cc(C(N)=O)cc(OCCCO)c2n1CC(O)C(O)Cn1c(=NC=O)n(C)c2cc(C=O)cc(OC)c21. The molecule has 5 aromatic rings. The maximum absolute atomic E-state index is 13.7. The van der Waals surface area contributed by atoms with Gasteiger partial charge in [0.05, 0.1) is 55.7 Å². The predicted molar refractivity (Wildman–Crippen MR) is 186 cm³/mol. The van der Waals surface area contributed by atoms with Crippen LogP contribution in [0.3, 0.4) is 0 Å². The molecule has 2 atom stereocenters. The van der Waals surface area contributed by atoms with Crippen LogP contribution in [-0.2, 0) is 38.5 Å². The number of ether oxygens (including phenoxy) is 2. The maximum Gasteiger partial charge on any atom is 0.298 e. The van der Waals surface area contributed by atoms with Crippen molar-refractivity contribution < 1.29 is 44.0 Å². The number of aliphatic hydroxyl groups excluding tert-OH is 3. The Kier molecular flexibility index (Phi) is 11.2. The van der Waals surface area contributed by atoms with Crippen LogP contribution in [0.5, 0.6) is 11.5 Å². The van der Waals surface area contributed by atoms with E-state index < -0.39 is 24.0 Å². The van der Waals surface area contributed by atoms with Gasteiger partial charge in [0.2, 0.25) is 23.6 Å². The molecule has 0 bridgehead atoms. The van der Waals surface area contributed by atoms with Crippen LogP contribution in [0, 0.1) is 6.92 Å². The number of rotatable bonds is 15. The number of aldehydes is 1. The molecule has 5 rings (SSSR count). The van der Waals surface area contributed by atoms with E-state index in [2.05, 4.69) is 15.1 Å². The fraction of sp³-hybridized carbons (Fsp3) is 0.382. The number of methoxy groups -OCH3 is 1. The summed E-state index contributed by atoms with van der Waals surface area (Å²) < 4.78 is 19.1. The monoisotopic (exact) mass is 719 g/mol. The average molecular weight is 720 g/mol. The highest BCUT2D eigenvalue weighted by molar-refractivity contribution is 5.99. The summed E-state index contributed by atoms with van der Waals surface area (Å²) in [5, 5.41) is 37.0. The van der Waals surface area contributed by atoms with Crippen molar-refractivity contribution in [3.8, 4) is 11.5 Å². The summed E-state index contributed by atoms with van der Waals surface area (Å²) in [6.45, 7) is 3.24. The van der Waals surface area contributed by atoms with Gasteiger partial charge in [0.15, 0.2) is 0 Å². The van der Waals surface area contributed by atoms with E-state index in [1.54, 1.807) is 37.7 Å². The molecule has 2 unspecified atom stereocenters. The van der Waals surface area contributed by atoms with Crippen LogP contribution in [0.2, 0.25) is 0 Å². The van der Waals surface area contributed by atoms with Gasteiger partial charge < -0.3 is 48.8 Å². The summed E-state index contributed by atoms with van der Waals surface area (Å²) in [6, 6.07) is 7.60. The van der Waals surface area contributed by atoms with Crippen LogP contribution < -0.4 is 26.4 Å². The molecular formula is C34H41N9O9. The first kappa shape index (κ1) is 37.4. The van der Waals surface area contributed by atoms with Gasteiger partial charge in [0.25, 0.3) is 5.91 Å². The van der Waals surface area contributed by atoms with Gasteiger partial charge in [-0.2, -0.15) is 15.1 Å². The highest BCUT2D eigenvalue weighted by Gasteiger charge is 2.26. The van der Waals surface area contributed by atoms with Crippen LogP contribution in [0.4, 0.5) is 0 Å². The first-order valence-electron chi connectivity index (χ1n) is 16.3. The lowest BCUT2D eigenvalue weighted by atomic mass is 10.1. The summed E-state index contributed by atoms with van der Waals surface area (Å²) in [4.78, 5) is 57.6. The molecule has 18 nitrogen and oxygen atoms in total. The summed E-state index contributed by atoms with van der Waals surface area (Å²) in [5.41, 5.74) is 8.61. The molecule has 3 amide bonds. The fourth-order valence-electron chi connectivity index (χ4n) is 6.17. The zero-order valence-electron chi connectivity index (χ0n) is 29.4. The first-order valence-corrected chi connectivity index (χ1v) is 16.3. The highest BCUT2D eigenvalue weighted by atomic mass is 16.5. The van der Waals surface area contributed by atoms with Crippen molar-refractivity contribution in [2.75, 3.05) is 20.3 Å². The van der Waals surface area contributed by atoms with Gasteiger partial charge in [-0.15, -0.1) is 0 Å². The Morgan fingerprint density at radius 3 is 2.19 bits per heavy atom. The van der Waals surface area contributed by atoms with Gasteiger partial charge in [-0.25, -0.2) is 0 Å². The molecule has 0 radical (unpaired) electrons. The second-order valence-corrected chi connectivity index (χ2v) is 12.1. The number of aryl methyl sites for hydroxylation is 4. The number of aliphatic hydroxyl groups is 3. The molecule has 0 aliphatic heterocycles. The molecule has 0 saturated carbocycles. The first-order chi connectivity index (χ1) is 24.9. The summed E-state index contributed by atoms with van der Waals surface area (Å²) in [6.07, 6.45) is -1.82. The molecule has 2 aromatic carbocycles. The number of nitrogens with zero attached hydrogens (tertiary/aromatic N) is 8. The second kappa shape index (κ2) is 15.6. The van der Waals surface area contributed by atoms with Gasteiger partial charge >= 0.3 is 0 Å². The Morgan fingerprint density at radius 2 is 1.60 bits per heavy atom. The maximum atomic E-state index is 13.7. The number of fused-ring (bicyclic) bond motifs is 2. The van der Waals surface area contributed by atoms with Crippen LogP contribution in [-0.4, -0.2) is 100 Å². The summed E-state index contributed by atoms with van der Waals surface area (Å²) in [5.74, 6) is -0.952. The van der Waals surface area contributed by atoms with Gasteiger partial charge in [-0.05, 0) is 44.2 Å². The molecule has 5 N–H and O–H groups in total. The summed E-state index contributed by atoms with van der Waals surface area (Å²) in [7, 11) is 4.64. The van der Waals surface area contributed by atoms with E-state index in [1.807, 2.05) is 6.92 Å². The van der Waals surface area contributed by atoms with E-state index in [4.69, 9.17) is 15.2 Å². The average Bonchev–Trinajstić information content (AvgIpc) is 3.73.